The van der Waals surface area contributed by atoms with E-state index in [1.54, 1.807) is 37.4 Å². The van der Waals surface area contributed by atoms with Crippen molar-refractivity contribution < 1.29 is 9.13 Å². The van der Waals surface area contributed by atoms with E-state index < -0.39 is 0 Å². The molecule has 3 aromatic rings. The van der Waals surface area contributed by atoms with Crippen LogP contribution in [0, 0.1) is 5.82 Å². The molecule has 0 aliphatic rings. The van der Waals surface area contributed by atoms with Crippen LogP contribution in [0.2, 0.25) is 0 Å². The van der Waals surface area contributed by atoms with E-state index in [0.29, 0.717) is 11.6 Å². The van der Waals surface area contributed by atoms with Gasteiger partial charge in [0.15, 0.2) is 0 Å². The van der Waals surface area contributed by atoms with Crippen LogP contribution in [0.1, 0.15) is 0 Å². The van der Waals surface area contributed by atoms with Crippen LogP contribution < -0.4 is 10.1 Å². The van der Waals surface area contributed by atoms with Crippen molar-refractivity contribution in [3.05, 3.63) is 54.3 Å². The molecule has 7 heteroatoms. The Balaban J connectivity index is 1.91. The second-order valence-electron chi connectivity index (χ2n) is 4.22. The zero-order chi connectivity index (χ0) is 14.7. The van der Waals surface area contributed by atoms with E-state index in [9.17, 15) is 4.39 Å². The Kier molecular flexibility index (Phi) is 3.46. The van der Waals surface area contributed by atoms with Gasteiger partial charge in [0.1, 0.15) is 11.6 Å². The zero-order valence-corrected chi connectivity index (χ0v) is 11.2. The van der Waals surface area contributed by atoms with E-state index in [2.05, 4.69) is 20.8 Å². The SMILES string of the molecule is COc1ccc(-n2nnnc2Nc2ccccc2F)cc1. The van der Waals surface area contributed by atoms with Gasteiger partial charge in [-0.25, -0.2) is 4.39 Å². The number of rotatable bonds is 4. The minimum atomic E-state index is -0.373. The van der Waals surface area contributed by atoms with Crippen molar-refractivity contribution in [3.63, 3.8) is 0 Å². The fourth-order valence-electron chi connectivity index (χ4n) is 1.85. The number of nitrogens with zero attached hydrogens (tertiary/aromatic N) is 4. The molecule has 0 saturated heterocycles. The summed E-state index contributed by atoms with van der Waals surface area (Å²) in [5.74, 6) is 0.683. The number of hydrogen-bond donors (Lipinski definition) is 1. The Labute approximate surface area is 120 Å². The summed E-state index contributed by atoms with van der Waals surface area (Å²) in [6.07, 6.45) is 0. The number of hydrogen-bond acceptors (Lipinski definition) is 5. The van der Waals surface area contributed by atoms with Crippen molar-refractivity contribution in [3.8, 4) is 11.4 Å². The van der Waals surface area contributed by atoms with Crippen LogP contribution >= 0.6 is 0 Å². The van der Waals surface area contributed by atoms with Gasteiger partial charge in [-0.05, 0) is 46.8 Å². The molecule has 6 nitrogen and oxygen atoms in total. The minimum Gasteiger partial charge on any atom is -0.497 e. The Morgan fingerprint density at radius 1 is 1.10 bits per heavy atom. The first-order chi connectivity index (χ1) is 10.3. The lowest BCUT2D eigenvalue weighted by Crippen LogP contribution is -2.04. The predicted molar refractivity (Wildman–Crippen MR) is 75.4 cm³/mol. The highest BCUT2D eigenvalue weighted by Crippen LogP contribution is 2.20. The summed E-state index contributed by atoms with van der Waals surface area (Å²) in [6, 6.07) is 13.5. The smallest absolute Gasteiger partial charge is 0.252 e. The first kappa shape index (κ1) is 13.0. The maximum atomic E-state index is 13.7. The van der Waals surface area contributed by atoms with Crippen LogP contribution in [0.4, 0.5) is 16.0 Å². The van der Waals surface area contributed by atoms with Gasteiger partial charge < -0.3 is 10.1 Å². The fraction of sp³-hybridized carbons (Fsp3) is 0.0714. The van der Waals surface area contributed by atoms with Gasteiger partial charge in [-0.2, -0.15) is 4.68 Å². The number of benzene rings is 2. The molecule has 0 fully saturated rings. The summed E-state index contributed by atoms with van der Waals surface area (Å²) in [7, 11) is 1.59. The molecule has 0 spiro atoms. The number of aromatic nitrogens is 4. The number of tetrazole rings is 1. The quantitative estimate of drug-likeness (QED) is 0.798. The molecule has 1 aromatic heterocycles. The van der Waals surface area contributed by atoms with Crippen molar-refractivity contribution in [1.29, 1.82) is 0 Å². The van der Waals surface area contributed by atoms with Gasteiger partial charge in [-0.15, -0.1) is 0 Å². The third-order valence-corrected chi connectivity index (χ3v) is 2.91. The minimum absolute atomic E-state index is 0.307. The standard InChI is InChI=1S/C14H12FN5O/c1-21-11-8-6-10(7-9-11)20-14(17-18-19-20)16-13-5-3-2-4-12(13)15/h2-9H,1H3,(H,16,17,19). The molecule has 3 rings (SSSR count). The monoisotopic (exact) mass is 285 g/mol. The van der Waals surface area contributed by atoms with Crippen LogP contribution in [-0.2, 0) is 0 Å². The largest absolute Gasteiger partial charge is 0.497 e. The number of methoxy groups -OCH3 is 1. The van der Waals surface area contributed by atoms with E-state index in [4.69, 9.17) is 4.74 Å². The van der Waals surface area contributed by atoms with Gasteiger partial charge in [0.05, 0.1) is 18.5 Å². The molecule has 1 N–H and O–H groups in total. The van der Waals surface area contributed by atoms with Crippen molar-refractivity contribution in [2.75, 3.05) is 12.4 Å². The molecular formula is C14H12FN5O. The lowest BCUT2D eigenvalue weighted by molar-refractivity contribution is 0.414. The van der Waals surface area contributed by atoms with Crippen LogP contribution in [-0.4, -0.2) is 27.3 Å². The second kappa shape index (κ2) is 5.58. The van der Waals surface area contributed by atoms with Gasteiger partial charge in [0.2, 0.25) is 0 Å². The van der Waals surface area contributed by atoms with Gasteiger partial charge in [0.25, 0.3) is 5.95 Å². The maximum absolute atomic E-state index is 13.7. The lowest BCUT2D eigenvalue weighted by Gasteiger charge is -2.08. The van der Waals surface area contributed by atoms with E-state index in [1.807, 2.05) is 12.1 Å². The van der Waals surface area contributed by atoms with Gasteiger partial charge in [-0.1, -0.05) is 17.2 Å². The third-order valence-electron chi connectivity index (χ3n) is 2.91. The van der Waals surface area contributed by atoms with Crippen molar-refractivity contribution in [2.24, 2.45) is 0 Å². The summed E-state index contributed by atoms with van der Waals surface area (Å²) < 4.78 is 20.2. The number of anilines is 2. The molecule has 0 aliphatic heterocycles. The molecular weight excluding hydrogens is 273 g/mol. The summed E-state index contributed by atoms with van der Waals surface area (Å²) >= 11 is 0. The van der Waals surface area contributed by atoms with Crippen LogP contribution in [0.25, 0.3) is 5.69 Å². The normalized spacial score (nSPS) is 10.4. The lowest BCUT2D eigenvalue weighted by atomic mass is 10.3. The molecule has 0 radical (unpaired) electrons. The molecule has 0 amide bonds. The Morgan fingerprint density at radius 2 is 1.86 bits per heavy atom. The predicted octanol–water partition coefficient (Wildman–Crippen LogP) is 2.55. The first-order valence-electron chi connectivity index (χ1n) is 6.22. The summed E-state index contributed by atoms with van der Waals surface area (Å²) in [5, 5.41) is 14.2. The van der Waals surface area contributed by atoms with E-state index in [0.717, 1.165) is 11.4 Å². The van der Waals surface area contributed by atoms with Gasteiger partial charge in [0, 0.05) is 0 Å². The van der Waals surface area contributed by atoms with Crippen molar-refractivity contribution in [1.82, 2.24) is 20.2 Å². The first-order valence-corrected chi connectivity index (χ1v) is 6.22. The fourth-order valence-corrected chi connectivity index (χ4v) is 1.85. The van der Waals surface area contributed by atoms with E-state index in [1.165, 1.54) is 10.7 Å². The number of halogens is 1. The Hall–Kier alpha value is -2.96. The van der Waals surface area contributed by atoms with Crippen molar-refractivity contribution in [2.45, 2.75) is 0 Å². The molecule has 0 atom stereocenters. The topological polar surface area (TPSA) is 64.9 Å². The van der Waals surface area contributed by atoms with Crippen LogP contribution in [0.3, 0.4) is 0 Å². The molecule has 0 bridgehead atoms. The van der Waals surface area contributed by atoms with Crippen LogP contribution in [0.15, 0.2) is 48.5 Å². The number of para-hydroxylation sites is 1. The highest BCUT2D eigenvalue weighted by Gasteiger charge is 2.10. The molecule has 0 unspecified atom stereocenters. The highest BCUT2D eigenvalue weighted by atomic mass is 19.1. The second-order valence-corrected chi connectivity index (χ2v) is 4.22. The Morgan fingerprint density at radius 3 is 2.57 bits per heavy atom. The highest BCUT2D eigenvalue weighted by molar-refractivity contribution is 5.55. The van der Waals surface area contributed by atoms with Crippen LogP contribution in [0.5, 0.6) is 5.75 Å². The maximum Gasteiger partial charge on any atom is 0.252 e. The van der Waals surface area contributed by atoms with Gasteiger partial charge in [-0.3, -0.25) is 0 Å². The molecule has 106 valence electrons. The van der Waals surface area contributed by atoms with Gasteiger partial charge >= 0.3 is 0 Å². The molecule has 21 heavy (non-hydrogen) atoms. The van der Waals surface area contributed by atoms with E-state index >= 15 is 0 Å². The summed E-state index contributed by atoms with van der Waals surface area (Å²) in [5.41, 5.74) is 1.04. The third kappa shape index (κ3) is 2.66. The molecule has 0 aliphatic carbocycles. The Bertz CT molecular complexity index is 741. The molecule has 0 saturated carbocycles. The van der Waals surface area contributed by atoms with Crippen molar-refractivity contribution >= 4 is 11.6 Å². The summed E-state index contributed by atoms with van der Waals surface area (Å²) in [4.78, 5) is 0. The summed E-state index contributed by atoms with van der Waals surface area (Å²) in [6.45, 7) is 0. The number of nitrogens with one attached hydrogen (secondary N) is 1. The van der Waals surface area contributed by atoms with E-state index in [-0.39, 0.29) is 5.82 Å². The molecule has 1 heterocycles. The average Bonchev–Trinajstić information content (AvgIpc) is 2.98. The zero-order valence-electron chi connectivity index (χ0n) is 11.2. The number of ether oxygens (including phenoxy) is 1. The molecule has 2 aromatic carbocycles. The average molecular weight is 285 g/mol.